The van der Waals surface area contributed by atoms with Gasteiger partial charge in [0.15, 0.2) is 0 Å². The molecule has 0 aliphatic carbocycles. The number of thiophene rings is 1. The lowest BCUT2D eigenvalue weighted by atomic mass is 10.4. The van der Waals surface area contributed by atoms with E-state index in [2.05, 4.69) is 14.8 Å². The molecule has 1 atom stereocenters. The topological polar surface area (TPSA) is 84.5 Å². The van der Waals surface area contributed by atoms with E-state index in [9.17, 15) is 13.2 Å². The molecule has 110 valence electrons. The molecule has 0 bridgehead atoms. The lowest BCUT2D eigenvalue weighted by Crippen LogP contribution is -2.36. The van der Waals surface area contributed by atoms with Gasteiger partial charge in [0.1, 0.15) is 9.09 Å². The van der Waals surface area contributed by atoms with Crippen LogP contribution in [-0.2, 0) is 14.8 Å². The minimum absolute atomic E-state index is 0. The molecule has 0 amide bonds. The Kier molecular flexibility index (Phi) is 7.53. The molecular weight excluding hydrogens is 312 g/mol. The fraction of sp³-hybridized carbons (Fsp3) is 0.500. The van der Waals surface area contributed by atoms with Crippen LogP contribution in [0.5, 0.6) is 0 Å². The summed E-state index contributed by atoms with van der Waals surface area (Å²) in [5, 5.41) is 2.92. The zero-order chi connectivity index (χ0) is 13.8. The summed E-state index contributed by atoms with van der Waals surface area (Å²) in [6.45, 7) is 2.14. The second-order valence-electron chi connectivity index (χ2n) is 3.65. The molecule has 0 aromatic carbocycles. The zero-order valence-corrected chi connectivity index (χ0v) is 13.2. The van der Waals surface area contributed by atoms with E-state index in [1.54, 1.807) is 7.05 Å². The highest BCUT2D eigenvalue weighted by Gasteiger charge is 2.19. The Morgan fingerprint density at radius 3 is 2.63 bits per heavy atom. The van der Waals surface area contributed by atoms with Crippen molar-refractivity contribution in [1.29, 1.82) is 0 Å². The monoisotopic (exact) mass is 328 g/mol. The molecule has 0 aliphatic heterocycles. The van der Waals surface area contributed by atoms with Crippen LogP contribution >= 0.6 is 23.7 Å². The molecule has 1 unspecified atom stereocenters. The van der Waals surface area contributed by atoms with Crippen LogP contribution in [0.3, 0.4) is 0 Å². The summed E-state index contributed by atoms with van der Waals surface area (Å²) >= 11 is 0.886. The lowest BCUT2D eigenvalue weighted by Gasteiger charge is -2.10. The number of sulfonamides is 1. The molecule has 6 nitrogen and oxygen atoms in total. The second kappa shape index (κ2) is 7.81. The molecule has 0 radical (unpaired) electrons. The first kappa shape index (κ1) is 18.3. The highest BCUT2D eigenvalue weighted by molar-refractivity contribution is 7.91. The molecule has 1 heterocycles. The molecule has 0 saturated heterocycles. The predicted molar refractivity (Wildman–Crippen MR) is 76.6 cm³/mol. The molecule has 2 N–H and O–H groups in total. The van der Waals surface area contributed by atoms with E-state index in [4.69, 9.17) is 0 Å². The first-order valence-electron chi connectivity index (χ1n) is 5.25. The van der Waals surface area contributed by atoms with Crippen molar-refractivity contribution in [2.45, 2.75) is 17.2 Å². The molecule has 1 aromatic rings. The van der Waals surface area contributed by atoms with Crippen LogP contribution in [0.15, 0.2) is 16.3 Å². The molecule has 1 rings (SSSR count). The minimum Gasteiger partial charge on any atom is -0.465 e. The summed E-state index contributed by atoms with van der Waals surface area (Å²) in [7, 11) is -0.563. The Morgan fingerprint density at radius 1 is 1.47 bits per heavy atom. The molecule has 0 saturated carbocycles. The minimum atomic E-state index is -3.57. The maximum Gasteiger partial charge on any atom is 0.348 e. The maximum atomic E-state index is 11.9. The highest BCUT2D eigenvalue weighted by Crippen LogP contribution is 2.21. The van der Waals surface area contributed by atoms with E-state index in [-0.39, 0.29) is 34.1 Å². The third-order valence-corrected chi connectivity index (χ3v) is 5.29. The van der Waals surface area contributed by atoms with Gasteiger partial charge in [-0.05, 0) is 26.1 Å². The highest BCUT2D eigenvalue weighted by atomic mass is 35.5. The standard InChI is InChI=1S/C10H16N2O4S2.ClH/c1-7(11-2)6-12-18(14,15)9-5-4-8(17-9)10(13)16-3;/h4-5,7,11-12H,6H2,1-3H3;1H. The van der Waals surface area contributed by atoms with Crippen molar-refractivity contribution < 1.29 is 17.9 Å². The maximum absolute atomic E-state index is 11.9. The molecule has 19 heavy (non-hydrogen) atoms. The number of ether oxygens (including phenoxy) is 1. The van der Waals surface area contributed by atoms with Crippen molar-refractivity contribution in [2.24, 2.45) is 0 Å². The third kappa shape index (κ3) is 5.07. The summed E-state index contributed by atoms with van der Waals surface area (Å²) in [5.41, 5.74) is 0. The van der Waals surface area contributed by atoms with E-state index in [1.165, 1.54) is 19.2 Å². The Labute approximate surface area is 123 Å². The van der Waals surface area contributed by atoms with E-state index >= 15 is 0 Å². The number of hydrogen-bond acceptors (Lipinski definition) is 6. The zero-order valence-electron chi connectivity index (χ0n) is 10.8. The van der Waals surface area contributed by atoms with Gasteiger partial charge >= 0.3 is 5.97 Å². The molecular formula is C10H17ClN2O4S2. The normalized spacial score (nSPS) is 12.6. The number of esters is 1. The van der Waals surface area contributed by atoms with Crippen molar-refractivity contribution in [3.63, 3.8) is 0 Å². The first-order valence-corrected chi connectivity index (χ1v) is 7.55. The second-order valence-corrected chi connectivity index (χ2v) is 6.73. The average molecular weight is 329 g/mol. The van der Waals surface area contributed by atoms with Gasteiger partial charge in [-0.25, -0.2) is 17.9 Å². The fourth-order valence-electron chi connectivity index (χ4n) is 1.08. The van der Waals surface area contributed by atoms with Gasteiger partial charge in [-0.1, -0.05) is 0 Å². The number of likely N-dealkylation sites (N-methyl/N-ethyl adjacent to an activating group) is 1. The number of hydrogen-bond donors (Lipinski definition) is 2. The van der Waals surface area contributed by atoms with Gasteiger partial charge < -0.3 is 10.1 Å². The quantitative estimate of drug-likeness (QED) is 0.756. The van der Waals surface area contributed by atoms with Gasteiger partial charge in [-0.3, -0.25) is 0 Å². The number of carbonyl (C=O) groups excluding carboxylic acids is 1. The van der Waals surface area contributed by atoms with Gasteiger partial charge in [0.05, 0.1) is 7.11 Å². The third-order valence-electron chi connectivity index (χ3n) is 2.31. The van der Waals surface area contributed by atoms with E-state index in [0.29, 0.717) is 0 Å². The number of halogens is 1. The van der Waals surface area contributed by atoms with E-state index in [0.717, 1.165) is 11.3 Å². The van der Waals surface area contributed by atoms with Crippen LogP contribution in [0.1, 0.15) is 16.6 Å². The number of carbonyl (C=O) groups is 1. The van der Waals surface area contributed by atoms with E-state index < -0.39 is 16.0 Å². The van der Waals surface area contributed by atoms with Crippen LogP contribution in [0.4, 0.5) is 0 Å². The largest absolute Gasteiger partial charge is 0.465 e. The van der Waals surface area contributed by atoms with Gasteiger partial charge in [-0.2, -0.15) is 0 Å². The molecule has 0 aliphatic rings. The Balaban J connectivity index is 0.00000324. The SMILES string of the molecule is CNC(C)CNS(=O)(=O)c1ccc(C(=O)OC)s1.Cl. The molecule has 0 fully saturated rings. The number of rotatable bonds is 6. The average Bonchev–Trinajstić information content (AvgIpc) is 2.85. The van der Waals surface area contributed by atoms with Gasteiger partial charge in [0.2, 0.25) is 10.0 Å². The van der Waals surface area contributed by atoms with Crippen molar-refractivity contribution >= 4 is 39.7 Å². The smallest absolute Gasteiger partial charge is 0.348 e. The van der Waals surface area contributed by atoms with Crippen LogP contribution in [-0.4, -0.2) is 41.1 Å². The van der Waals surface area contributed by atoms with Crippen LogP contribution in [0, 0.1) is 0 Å². The van der Waals surface area contributed by atoms with Gasteiger partial charge in [0, 0.05) is 12.6 Å². The summed E-state index contributed by atoms with van der Waals surface area (Å²) in [6.07, 6.45) is 0. The lowest BCUT2D eigenvalue weighted by molar-refractivity contribution is 0.0606. The van der Waals surface area contributed by atoms with Crippen molar-refractivity contribution in [1.82, 2.24) is 10.0 Å². The summed E-state index contributed by atoms with van der Waals surface area (Å²) in [5.74, 6) is -0.537. The van der Waals surface area contributed by atoms with Crippen molar-refractivity contribution in [2.75, 3.05) is 20.7 Å². The number of nitrogens with one attached hydrogen (secondary N) is 2. The fourth-order valence-corrected chi connectivity index (χ4v) is 3.48. The van der Waals surface area contributed by atoms with Gasteiger partial charge in [-0.15, -0.1) is 23.7 Å². The van der Waals surface area contributed by atoms with Crippen molar-refractivity contribution in [3.8, 4) is 0 Å². The van der Waals surface area contributed by atoms with Crippen molar-refractivity contribution in [3.05, 3.63) is 17.0 Å². The molecule has 9 heteroatoms. The summed E-state index contributed by atoms with van der Waals surface area (Å²) in [6, 6.07) is 2.86. The first-order chi connectivity index (χ1) is 8.40. The van der Waals surface area contributed by atoms with E-state index in [1.807, 2.05) is 6.92 Å². The summed E-state index contributed by atoms with van der Waals surface area (Å²) < 4.78 is 30.9. The molecule has 0 spiro atoms. The van der Waals surface area contributed by atoms with Crippen LogP contribution in [0.25, 0.3) is 0 Å². The summed E-state index contributed by atoms with van der Waals surface area (Å²) in [4.78, 5) is 11.5. The molecule has 1 aromatic heterocycles. The Morgan fingerprint density at radius 2 is 2.11 bits per heavy atom. The Hall–Kier alpha value is -0.670. The number of methoxy groups -OCH3 is 1. The van der Waals surface area contributed by atoms with Gasteiger partial charge in [0.25, 0.3) is 0 Å². The van der Waals surface area contributed by atoms with Crippen LogP contribution < -0.4 is 10.0 Å². The predicted octanol–water partition coefficient (Wildman–Crippen LogP) is 0.843. The Bertz CT molecular complexity index is 515. The van der Waals surface area contributed by atoms with Crippen LogP contribution in [0.2, 0.25) is 0 Å².